The van der Waals surface area contributed by atoms with E-state index in [2.05, 4.69) is 27.0 Å². The van der Waals surface area contributed by atoms with Crippen LogP contribution in [0, 0.1) is 13.8 Å². The summed E-state index contributed by atoms with van der Waals surface area (Å²) >= 11 is 0. The van der Waals surface area contributed by atoms with Gasteiger partial charge in [-0.3, -0.25) is 5.32 Å². The Balaban J connectivity index is 2.50. The first-order chi connectivity index (χ1) is 5.75. The summed E-state index contributed by atoms with van der Waals surface area (Å²) < 4.78 is 2.07. The minimum Gasteiger partial charge on any atom is -0.302 e. The van der Waals surface area contributed by atoms with Gasteiger partial charge in [0.2, 0.25) is 0 Å². The third kappa shape index (κ3) is 2.04. The molecular formula is C8H16N4. The minimum atomic E-state index is 0.818. The lowest BCUT2D eigenvalue weighted by molar-refractivity contribution is 0.534. The summed E-state index contributed by atoms with van der Waals surface area (Å²) in [6, 6.07) is 0. The van der Waals surface area contributed by atoms with Crippen LogP contribution in [0.4, 0.5) is 0 Å². The molecule has 0 aromatic carbocycles. The summed E-state index contributed by atoms with van der Waals surface area (Å²) in [6.07, 6.45) is 1.15. The highest BCUT2D eigenvalue weighted by molar-refractivity contribution is 4.90. The molecule has 1 heterocycles. The summed E-state index contributed by atoms with van der Waals surface area (Å²) in [5.74, 6) is 1.94. The number of hydrogen-bond donors (Lipinski definition) is 1. The molecule has 0 bridgehead atoms. The van der Waals surface area contributed by atoms with Crippen molar-refractivity contribution in [1.29, 1.82) is 0 Å². The zero-order chi connectivity index (χ0) is 8.97. The van der Waals surface area contributed by atoms with Crippen LogP contribution in [-0.4, -0.2) is 21.3 Å². The summed E-state index contributed by atoms with van der Waals surface area (Å²) in [5.41, 5.74) is 0. The highest BCUT2D eigenvalue weighted by Gasteiger charge is 2.01. The van der Waals surface area contributed by atoms with Gasteiger partial charge in [-0.05, 0) is 26.8 Å². The predicted molar refractivity (Wildman–Crippen MR) is 47.8 cm³/mol. The number of aromatic nitrogens is 3. The van der Waals surface area contributed by atoms with Gasteiger partial charge in [-0.2, -0.15) is 0 Å². The molecule has 1 N–H and O–H groups in total. The van der Waals surface area contributed by atoms with Crippen LogP contribution >= 0.6 is 0 Å². The first-order valence-electron chi connectivity index (χ1n) is 4.32. The maximum Gasteiger partial charge on any atom is 0.130 e. The molecule has 68 valence electrons. The standard InChI is InChI=1S/C8H16N4/c1-4-5-9-6-12-7(2)10-11-8(12)3/h9H,4-6H2,1-3H3. The molecule has 12 heavy (non-hydrogen) atoms. The van der Waals surface area contributed by atoms with E-state index in [1.807, 2.05) is 13.8 Å². The van der Waals surface area contributed by atoms with E-state index in [-0.39, 0.29) is 0 Å². The van der Waals surface area contributed by atoms with Crippen molar-refractivity contribution >= 4 is 0 Å². The monoisotopic (exact) mass is 168 g/mol. The molecule has 0 atom stereocenters. The molecule has 0 radical (unpaired) electrons. The fraction of sp³-hybridized carbons (Fsp3) is 0.750. The van der Waals surface area contributed by atoms with E-state index in [1.165, 1.54) is 0 Å². The van der Waals surface area contributed by atoms with E-state index in [4.69, 9.17) is 0 Å². The molecule has 1 rings (SSSR count). The van der Waals surface area contributed by atoms with Crippen LogP contribution in [0.2, 0.25) is 0 Å². The van der Waals surface area contributed by atoms with Crippen LogP contribution in [0.1, 0.15) is 25.0 Å². The Hall–Kier alpha value is -0.900. The van der Waals surface area contributed by atoms with Crippen molar-refractivity contribution in [2.75, 3.05) is 6.54 Å². The van der Waals surface area contributed by atoms with Gasteiger partial charge >= 0.3 is 0 Å². The Morgan fingerprint density at radius 1 is 1.25 bits per heavy atom. The zero-order valence-corrected chi connectivity index (χ0v) is 7.96. The van der Waals surface area contributed by atoms with Crippen LogP contribution < -0.4 is 5.32 Å². The third-order valence-corrected chi connectivity index (χ3v) is 1.82. The Labute approximate surface area is 73.0 Å². The molecule has 0 aliphatic carbocycles. The highest BCUT2D eigenvalue weighted by Crippen LogP contribution is 1.96. The van der Waals surface area contributed by atoms with Gasteiger partial charge in [-0.15, -0.1) is 10.2 Å². The van der Waals surface area contributed by atoms with Crippen molar-refractivity contribution in [1.82, 2.24) is 20.1 Å². The number of nitrogens with zero attached hydrogens (tertiary/aromatic N) is 3. The van der Waals surface area contributed by atoms with Crippen molar-refractivity contribution in [3.63, 3.8) is 0 Å². The molecule has 0 saturated heterocycles. The number of rotatable bonds is 4. The Bertz CT molecular complexity index is 222. The molecule has 4 heteroatoms. The summed E-state index contributed by atoms with van der Waals surface area (Å²) in [5, 5.41) is 11.2. The highest BCUT2D eigenvalue weighted by atomic mass is 15.3. The number of nitrogens with one attached hydrogen (secondary N) is 1. The fourth-order valence-electron chi connectivity index (χ4n) is 1.08. The quantitative estimate of drug-likeness (QED) is 0.678. The predicted octanol–water partition coefficient (Wildman–Crippen LogP) is 0.852. The van der Waals surface area contributed by atoms with E-state index in [0.29, 0.717) is 0 Å². The second kappa shape index (κ2) is 4.21. The smallest absolute Gasteiger partial charge is 0.130 e. The van der Waals surface area contributed by atoms with Crippen LogP contribution in [0.25, 0.3) is 0 Å². The Morgan fingerprint density at radius 3 is 2.33 bits per heavy atom. The van der Waals surface area contributed by atoms with Crippen molar-refractivity contribution < 1.29 is 0 Å². The number of hydrogen-bond acceptors (Lipinski definition) is 3. The molecule has 0 amide bonds. The van der Waals surface area contributed by atoms with Gasteiger partial charge in [0.05, 0.1) is 6.67 Å². The topological polar surface area (TPSA) is 42.7 Å². The summed E-state index contributed by atoms with van der Waals surface area (Å²) in [6.45, 7) is 7.94. The number of aryl methyl sites for hydroxylation is 2. The van der Waals surface area contributed by atoms with Gasteiger partial charge < -0.3 is 4.57 Å². The van der Waals surface area contributed by atoms with Crippen molar-refractivity contribution in [2.24, 2.45) is 0 Å². The molecule has 0 aliphatic rings. The van der Waals surface area contributed by atoms with Gasteiger partial charge in [0.15, 0.2) is 0 Å². The van der Waals surface area contributed by atoms with E-state index in [0.717, 1.165) is 31.3 Å². The van der Waals surface area contributed by atoms with Crippen LogP contribution in [0.3, 0.4) is 0 Å². The van der Waals surface area contributed by atoms with E-state index >= 15 is 0 Å². The lowest BCUT2D eigenvalue weighted by Crippen LogP contribution is -2.20. The lowest BCUT2D eigenvalue weighted by atomic mass is 10.5. The largest absolute Gasteiger partial charge is 0.302 e. The van der Waals surface area contributed by atoms with E-state index in [9.17, 15) is 0 Å². The second-order valence-electron chi connectivity index (χ2n) is 2.88. The zero-order valence-electron chi connectivity index (χ0n) is 7.96. The van der Waals surface area contributed by atoms with Gasteiger partial charge in [0.1, 0.15) is 11.6 Å². The van der Waals surface area contributed by atoms with Gasteiger partial charge in [-0.25, -0.2) is 0 Å². The summed E-state index contributed by atoms with van der Waals surface area (Å²) in [4.78, 5) is 0. The molecule has 0 unspecified atom stereocenters. The average Bonchev–Trinajstić information content (AvgIpc) is 2.35. The minimum absolute atomic E-state index is 0.818. The molecular weight excluding hydrogens is 152 g/mol. The van der Waals surface area contributed by atoms with Crippen molar-refractivity contribution in [2.45, 2.75) is 33.9 Å². The normalized spacial score (nSPS) is 10.6. The molecule has 4 nitrogen and oxygen atoms in total. The maximum absolute atomic E-state index is 3.97. The maximum atomic E-state index is 3.97. The summed E-state index contributed by atoms with van der Waals surface area (Å²) in [7, 11) is 0. The SMILES string of the molecule is CCCNCn1c(C)nnc1C. The van der Waals surface area contributed by atoms with Gasteiger partial charge in [0, 0.05) is 0 Å². The molecule has 0 fully saturated rings. The molecule has 0 aliphatic heterocycles. The Kier molecular flexibility index (Phi) is 3.22. The average molecular weight is 168 g/mol. The first-order valence-corrected chi connectivity index (χ1v) is 4.32. The second-order valence-corrected chi connectivity index (χ2v) is 2.88. The van der Waals surface area contributed by atoms with Gasteiger partial charge in [0.25, 0.3) is 0 Å². The van der Waals surface area contributed by atoms with E-state index in [1.54, 1.807) is 0 Å². The van der Waals surface area contributed by atoms with Crippen LogP contribution in [0.5, 0.6) is 0 Å². The van der Waals surface area contributed by atoms with Crippen molar-refractivity contribution in [3.05, 3.63) is 11.6 Å². The third-order valence-electron chi connectivity index (χ3n) is 1.82. The molecule has 1 aromatic heterocycles. The van der Waals surface area contributed by atoms with E-state index < -0.39 is 0 Å². The molecule has 0 spiro atoms. The fourth-order valence-corrected chi connectivity index (χ4v) is 1.08. The Morgan fingerprint density at radius 2 is 1.83 bits per heavy atom. The van der Waals surface area contributed by atoms with Crippen LogP contribution in [0.15, 0.2) is 0 Å². The van der Waals surface area contributed by atoms with Gasteiger partial charge in [-0.1, -0.05) is 6.92 Å². The van der Waals surface area contributed by atoms with Crippen molar-refractivity contribution in [3.8, 4) is 0 Å². The molecule has 1 aromatic rings. The molecule has 0 saturated carbocycles. The first kappa shape index (κ1) is 9.19. The van der Waals surface area contributed by atoms with Crippen LogP contribution in [-0.2, 0) is 6.67 Å². The lowest BCUT2D eigenvalue weighted by Gasteiger charge is -2.06.